The zero-order chi connectivity index (χ0) is 15.5. The molecule has 2 unspecified atom stereocenters. The first-order valence-corrected chi connectivity index (χ1v) is 8.26. The second-order valence-corrected chi connectivity index (χ2v) is 7.39. The highest BCUT2D eigenvalue weighted by molar-refractivity contribution is 5.40. The summed E-state index contributed by atoms with van der Waals surface area (Å²) in [5.41, 5.74) is 1.47. The van der Waals surface area contributed by atoms with Gasteiger partial charge in [0.2, 0.25) is 0 Å². The first kappa shape index (κ1) is 14.4. The Hall–Kier alpha value is -1.16. The molecule has 6 atom stereocenters. The van der Waals surface area contributed by atoms with Gasteiger partial charge in [0.25, 0.3) is 0 Å². The van der Waals surface area contributed by atoms with Gasteiger partial charge >= 0.3 is 0 Å². The summed E-state index contributed by atoms with van der Waals surface area (Å²) in [5.74, 6) is 0.241. The highest BCUT2D eigenvalue weighted by Crippen LogP contribution is 2.61. The molecule has 1 aromatic carbocycles. The van der Waals surface area contributed by atoms with Gasteiger partial charge < -0.3 is 10.2 Å². The van der Waals surface area contributed by atoms with Crippen LogP contribution in [0.3, 0.4) is 0 Å². The summed E-state index contributed by atoms with van der Waals surface area (Å²) in [6, 6.07) is 5.44. The molecule has 0 radical (unpaired) electrons. The van der Waals surface area contributed by atoms with E-state index in [-0.39, 0.29) is 29.9 Å². The molecule has 0 aliphatic heterocycles. The monoisotopic (exact) mass is 308 g/mol. The fourth-order valence-corrected chi connectivity index (χ4v) is 5.60. The number of halogens is 2. The van der Waals surface area contributed by atoms with Crippen molar-refractivity contribution >= 4 is 0 Å². The van der Waals surface area contributed by atoms with Crippen molar-refractivity contribution in [3.8, 4) is 5.75 Å². The van der Waals surface area contributed by atoms with Gasteiger partial charge in [0.1, 0.15) is 11.9 Å². The fourth-order valence-electron chi connectivity index (χ4n) is 5.60. The lowest BCUT2D eigenvalue weighted by Gasteiger charge is -2.50. The maximum absolute atomic E-state index is 14.6. The number of alkyl halides is 2. The molecule has 22 heavy (non-hydrogen) atoms. The van der Waals surface area contributed by atoms with Crippen LogP contribution in [0.25, 0.3) is 0 Å². The number of aromatic hydroxyl groups is 1. The molecule has 2 fully saturated rings. The number of aryl methyl sites for hydroxylation is 1. The first-order valence-electron chi connectivity index (χ1n) is 8.26. The molecule has 0 heterocycles. The number of aliphatic hydroxyl groups is 1. The summed E-state index contributed by atoms with van der Waals surface area (Å²) < 4.78 is 28.4. The van der Waals surface area contributed by atoms with Gasteiger partial charge in [0.05, 0.1) is 12.8 Å². The molecule has 0 saturated heterocycles. The van der Waals surface area contributed by atoms with Crippen molar-refractivity contribution in [1.82, 2.24) is 0 Å². The lowest BCUT2D eigenvalue weighted by Crippen LogP contribution is -2.48. The maximum Gasteiger partial charge on any atom is 0.115 e. The number of benzene rings is 1. The third-order valence-electron chi connectivity index (χ3n) is 6.59. The van der Waals surface area contributed by atoms with Crippen molar-refractivity contribution in [1.29, 1.82) is 0 Å². The van der Waals surface area contributed by atoms with Crippen molar-refractivity contribution in [2.24, 2.45) is 17.3 Å². The molecular weight excluding hydrogens is 286 g/mol. The second kappa shape index (κ2) is 4.92. The van der Waals surface area contributed by atoms with Crippen LogP contribution in [0, 0.1) is 17.3 Å². The topological polar surface area (TPSA) is 40.5 Å². The van der Waals surface area contributed by atoms with Crippen molar-refractivity contribution in [2.75, 3.05) is 6.67 Å². The largest absolute Gasteiger partial charge is 0.508 e. The Morgan fingerprint density at radius 1 is 1.27 bits per heavy atom. The van der Waals surface area contributed by atoms with Crippen LogP contribution < -0.4 is 0 Å². The van der Waals surface area contributed by atoms with E-state index in [9.17, 15) is 19.0 Å². The Morgan fingerprint density at radius 2 is 2.09 bits per heavy atom. The standard InChI is InChI=1S/C18H22F2O2/c19-9-18-6-5-13-12-4-2-11(21)7-10(12)1-3-14(13)17(18)15(20)8-16(18)22/h2,4,7,13-17,21-22H,1,3,5-6,8-9H2/t13-,14-,15?,16?,17-,18+/m1/s1. The van der Waals surface area contributed by atoms with Crippen LogP contribution in [0.15, 0.2) is 18.2 Å². The molecule has 0 bridgehead atoms. The molecule has 0 amide bonds. The number of fused-ring (bicyclic) bond motifs is 5. The minimum Gasteiger partial charge on any atom is -0.508 e. The van der Waals surface area contributed by atoms with Crippen LogP contribution in [-0.2, 0) is 6.42 Å². The molecule has 4 rings (SSSR count). The van der Waals surface area contributed by atoms with Gasteiger partial charge in [-0.25, -0.2) is 4.39 Å². The predicted octanol–water partition coefficient (Wildman–Crippen LogP) is 3.51. The van der Waals surface area contributed by atoms with E-state index in [1.54, 1.807) is 12.1 Å². The van der Waals surface area contributed by atoms with E-state index in [4.69, 9.17) is 0 Å². The van der Waals surface area contributed by atoms with E-state index >= 15 is 0 Å². The highest BCUT2D eigenvalue weighted by atomic mass is 19.1. The number of phenolic OH excluding ortho intramolecular Hbond substituents is 1. The zero-order valence-electron chi connectivity index (χ0n) is 12.5. The van der Waals surface area contributed by atoms with E-state index in [0.717, 1.165) is 24.8 Å². The van der Waals surface area contributed by atoms with Crippen LogP contribution in [-0.4, -0.2) is 29.2 Å². The van der Waals surface area contributed by atoms with E-state index < -0.39 is 24.4 Å². The molecule has 3 aliphatic rings. The summed E-state index contributed by atoms with van der Waals surface area (Å²) in [6.45, 7) is -0.620. The van der Waals surface area contributed by atoms with Crippen molar-refractivity contribution in [3.63, 3.8) is 0 Å². The third kappa shape index (κ3) is 1.79. The summed E-state index contributed by atoms with van der Waals surface area (Å²) in [4.78, 5) is 0. The Bertz CT molecular complexity index is 590. The summed E-state index contributed by atoms with van der Waals surface area (Å²) in [5, 5.41) is 19.9. The second-order valence-electron chi connectivity index (χ2n) is 7.39. The Kier molecular flexibility index (Phi) is 3.23. The summed E-state index contributed by atoms with van der Waals surface area (Å²) in [6.07, 6.45) is 1.11. The normalized spacial score (nSPS) is 43.3. The van der Waals surface area contributed by atoms with Gasteiger partial charge in [-0.05, 0) is 60.8 Å². The number of rotatable bonds is 1. The molecule has 2 nitrogen and oxygen atoms in total. The quantitative estimate of drug-likeness (QED) is 0.833. The van der Waals surface area contributed by atoms with E-state index in [0.29, 0.717) is 6.42 Å². The fraction of sp³-hybridized carbons (Fsp3) is 0.667. The third-order valence-corrected chi connectivity index (χ3v) is 6.59. The molecule has 2 N–H and O–H groups in total. The van der Waals surface area contributed by atoms with Crippen molar-refractivity contribution < 1.29 is 19.0 Å². The SMILES string of the molecule is Oc1ccc2c(c1)CC[C@@H]1[C@@H]2CC[C@]2(CF)C(O)CC(F)[C@@H]12. The molecule has 120 valence electrons. The van der Waals surface area contributed by atoms with Gasteiger partial charge in [-0.15, -0.1) is 0 Å². The van der Waals surface area contributed by atoms with Gasteiger partial charge in [-0.1, -0.05) is 6.07 Å². The molecule has 3 aliphatic carbocycles. The van der Waals surface area contributed by atoms with Gasteiger partial charge in [-0.2, -0.15) is 0 Å². The molecule has 4 heteroatoms. The minimum atomic E-state index is -1.10. The molecule has 0 spiro atoms. The summed E-state index contributed by atoms with van der Waals surface area (Å²) >= 11 is 0. The number of hydrogen-bond donors (Lipinski definition) is 2. The van der Waals surface area contributed by atoms with Crippen LogP contribution >= 0.6 is 0 Å². The highest BCUT2D eigenvalue weighted by Gasteiger charge is 2.61. The smallest absolute Gasteiger partial charge is 0.115 e. The molecule has 1 aromatic rings. The minimum absolute atomic E-state index is 0.0836. The van der Waals surface area contributed by atoms with Gasteiger partial charge in [-0.3, -0.25) is 4.39 Å². The maximum atomic E-state index is 14.6. The Labute approximate surface area is 129 Å². The Morgan fingerprint density at radius 3 is 2.86 bits per heavy atom. The molecule has 0 aromatic heterocycles. The zero-order valence-corrected chi connectivity index (χ0v) is 12.5. The van der Waals surface area contributed by atoms with E-state index in [2.05, 4.69) is 0 Å². The number of phenols is 1. The average Bonchev–Trinajstić information content (AvgIpc) is 2.78. The van der Waals surface area contributed by atoms with Crippen LogP contribution in [0.5, 0.6) is 5.75 Å². The number of aliphatic hydroxyl groups excluding tert-OH is 1. The van der Waals surface area contributed by atoms with Crippen LogP contribution in [0.2, 0.25) is 0 Å². The van der Waals surface area contributed by atoms with E-state index in [1.165, 1.54) is 5.56 Å². The predicted molar refractivity (Wildman–Crippen MR) is 79.3 cm³/mol. The van der Waals surface area contributed by atoms with Crippen molar-refractivity contribution in [3.05, 3.63) is 29.3 Å². The Balaban J connectivity index is 1.74. The molecule has 2 saturated carbocycles. The van der Waals surface area contributed by atoms with Gasteiger partial charge in [0.15, 0.2) is 0 Å². The van der Waals surface area contributed by atoms with Crippen LogP contribution in [0.4, 0.5) is 8.78 Å². The lowest BCUT2D eigenvalue weighted by molar-refractivity contribution is -0.0609. The van der Waals surface area contributed by atoms with Crippen molar-refractivity contribution in [2.45, 2.75) is 50.3 Å². The average molecular weight is 308 g/mol. The van der Waals surface area contributed by atoms with E-state index in [1.807, 2.05) is 6.07 Å². The van der Waals surface area contributed by atoms with Gasteiger partial charge in [0, 0.05) is 17.8 Å². The molecular formula is C18H22F2O2. The lowest BCUT2D eigenvalue weighted by atomic mass is 9.55. The van der Waals surface area contributed by atoms with Crippen LogP contribution in [0.1, 0.15) is 42.7 Å². The first-order chi connectivity index (χ1) is 10.6. The number of hydrogen-bond acceptors (Lipinski definition) is 2. The summed E-state index contributed by atoms with van der Waals surface area (Å²) in [7, 11) is 0.